The molecule has 0 aliphatic carbocycles. The number of ether oxygens (including phenoxy) is 1. The second-order valence-corrected chi connectivity index (χ2v) is 6.37. The first-order valence-corrected chi connectivity index (χ1v) is 9.26. The summed E-state index contributed by atoms with van der Waals surface area (Å²) in [7, 11) is 0. The number of carbonyl (C=O) groups excluding carboxylic acids is 2. The molecule has 0 heterocycles. The maximum Gasteiger partial charge on any atom is 0.255 e. The first-order chi connectivity index (χ1) is 14.0. The van der Waals surface area contributed by atoms with E-state index in [1.165, 1.54) is 24.3 Å². The van der Waals surface area contributed by atoms with Crippen molar-refractivity contribution in [1.82, 2.24) is 0 Å². The molecule has 0 radical (unpaired) electrons. The van der Waals surface area contributed by atoms with Crippen molar-refractivity contribution >= 4 is 23.2 Å². The van der Waals surface area contributed by atoms with Gasteiger partial charge in [0, 0.05) is 22.5 Å². The Hall–Kier alpha value is -3.67. The van der Waals surface area contributed by atoms with E-state index < -0.39 is 0 Å². The lowest BCUT2D eigenvalue weighted by Crippen LogP contribution is -2.14. The van der Waals surface area contributed by atoms with Crippen molar-refractivity contribution in [2.24, 2.45) is 0 Å². The van der Waals surface area contributed by atoms with Gasteiger partial charge in [-0.2, -0.15) is 0 Å². The van der Waals surface area contributed by atoms with Crippen molar-refractivity contribution in [3.63, 3.8) is 0 Å². The third-order valence-corrected chi connectivity index (χ3v) is 4.07. The zero-order valence-electron chi connectivity index (χ0n) is 15.9. The Labute approximate surface area is 168 Å². The SMILES string of the molecule is CCCOc1ccc(C(=O)Nc2cccc(C(=O)Nc3ccc(F)cc3)c2)cc1. The Kier molecular flexibility index (Phi) is 6.58. The van der Waals surface area contributed by atoms with E-state index in [0.717, 1.165) is 6.42 Å². The molecular formula is C23H21FN2O3. The predicted molar refractivity (Wildman–Crippen MR) is 111 cm³/mol. The van der Waals surface area contributed by atoms with Crippen molar-refractivity contribution in [1.29, 1.82) is 0 Å². The molecule has 0 unspecified atom stereocenters. The molecule has 0 fully saturated rings. The molecule has 0 spiro atoms. The molecule has 0 aromatic heterocycles. The third-order valence-electron chi connectivity index (χ3n) is 4.07. The summed E-state index contributed by atoms with van der Waals surface area (Å²) in [6.07, 6.45) is 0.910. The molecule has 3 rings (SSSR count). The molecule has 0 saturated heterocycles. The topological polar surface area (TPSA) is 67.4 Å². The number of hydrogen-bond acceptors (Lipinski definition) is 3. The van der Waals surface area contributed by atoms with E-state index in [1.807, 2.05) is 6.92 Å². The van der Waals surface area contributed by atoms with Crippen molar-refractivity contribution in [3.8, 4) is 5.75 Å². The maximum atomic E-state index is 13.0. The van der Waals surface area contributed by atoms with Gasteiger partial charge in [0.25, 0.3) is 11.8 Å². The molecule has 3 aromatic rings. The highest BCUT2D eigenvalue weighted by Crippen LogP contribution is 2.17. The standard InChI is InChI=1S/C23H21FN2O3/c1-2-14-29-21-12-6-16(7-13-21)22(27)26-20-5-3-4-17(15-20)23(28)25-19-10-8-18(24)9-11-19/h3-13,15H,2,14H2,1H3,(H,25,28)(H,26,27). The van der Waals surface area contributed by atoms with Crippen LogP contribution in [0.5, 0.6) is 5.75 Å². The molecule has 6 heteroatoms. The number of amides is 2. The van der Waals surface area contributed by atoms with Crippen molar-refractivity contribution < 1.29 is 18.7 Å². The summed E-state index contributed by atoms with van der Waals surface area (Å²) in [5.74, 6) is -0.311. The Morgan fingerprint density at radius 1 is 0.828 bits per heavy atom. The van der Waals surface area contributed by atoms with Gasteiger partial charge in [0.15, 0.2) is 0 Å². The lowest BCUT2D eigenvalue weighted by atomic mass is 10.1. The first kappa shape index (κ1) is 20.1. The summed E-state index contributed by atoms with van der Waals surface area (Å²) in [5, 5.41) is 5.47. The van der Waals surface area contributed by atoms with Crippen LogP contribution in [0.2, 0.25) is 0 Å². The second kappa shape index (κ2) is 9.50. The van der Waals surface area contributed by atoms with E-state index in [9.17, 15) is 14.0 Å². The van der Waals surface area contributed by atoms with Gasteiger partial charge in [0.2, 0.25) is 0 Å². The lowest BCUT2D eigenvalue weighted by Gasteiger charge is -2.09. The first-order valence-electron chi connectivity index (χ1n) is 9.26. The predicted octanol–water partition coefficient (Wildman–Crippen LogP) is 5.12. The van der Waals surface area contributed by atoms with Crippen LogP contribution in [0.3, 0.4) is 0 Å². The number of benzene rings is 3. The summed E-state index contributed by atoms with van der Waals surface area (Å²) in [6.45, 7) is 2.65. The van der Waals surface area contributed by atoms with E-state index in [1.54, 1.807) is 48.5 Å². The fraction of sp³-hybridized carbons (Fsp3) is 0.130. The third kappa shape index (κ3) is 5.65. The fourth-order valence-corrected chi connectivity index (χ4v) is 2.60. The monoisotopic (exact) mass is 392 g/mol. The minimum absolute atomic E-state index is 0.289. The number of nitrogens with one attached hydrogen (secondary N) is 2. The van der Waals surface area contributed by atoms with Gasteiger partial charge in [-0.05, 0) is 73.2 Å². The summed E-state index contributed by atoms with van der Waals surface area (Å²) in [4.78, 5) is 24.9. The minimum atomic E-state index is -0.377. The molecule has 0 bridgehead atoms. The maximum absolute atomic E-state index is 13.0. The fourth-order valence-electron chi connectivity index (χ4n) is 2.60. The number of anilines is 2. The second-order valence-electron chi connectivity index (χ2n) is 6.37. The molecule has 0 atom stereocenters. The van der Waals surface area contributed by atoms with Gasteiger partial charge in [-0.1, -0.05) is 13.0 Å². The van der Waals surface area contributed by atoms with Crippen LogP contribution in [0.4, 0.5) is 15.8 Å². The van der Waals surface area contributed by atoms with Crippen LogP contribution >= 0.6 is 0 Å². The quantitative estimate of drug-likeness (QED) is 0.586. The van der Waals surface area contributed by atoms with Crippen LogP contribution in [0.1, 0.15) is 34.1 Å². The smallest absolute Gasteiger partial charge is 0.255 e. The van der Waals surface area contributed by atoms with E-state index >= 15 is 0 Å². The molecular weight excluding hydrogens is 371 g/mol. The minimum Gasteiger partial charge on any atom is -0.494 e. The average Bonchev–Trinajstić information content (AvgIpc) is 2.74. The van der Waals surface area contributed by atoms with Gasteiger partial charge in [-0.25, -0.2) is 4.39 Å². The van der Waals surface area contributed by atoms with Crippen LogP contribution < -0.4 is 15.4 Å². The zero-order chi connectivity index (χ0) is 20.6. The normalized spacial score (nSPS) is 10.3. The zero-order valence-corrected chi connectivity index (χ0v) is 15.9. The molecule has 0 aliphatic heterocycles. The van der Waals surface area contributed by atoms with E-state index in [-0.39, 0.29) is 17.6 Å². The Balaban J connectivity index is 1.65. The highest BCUT2D eigenvalue weighted by molar-refractivity contribution is 6.07. The number of halogens is 1. The van der Waals surface area contributed by atoms with E-state index in [4.69, 9.17) is 4.74 Å². The Morgan fingerprint density at radius 3 is 2.17 bits per heavy atom. The van der Waals surface area contributed by atoms with E-state index in [0.29, 0.717) is 34.9 Å². The van der Waals surface area contributed by atoms with Crippen molar-refractivity contribution in [3.05, 3.63) is 89.7 Å². The molecule has 148 valence electrons. The molecule has 3 aromatic carbocycles. The van der Waals surface area contributed by atoms with E-state index in [2.05, 4.69) is 10.6 Å². The van der Waals surface area contributed by atoms with Gasteiger partial charge >= 0.3 is 0 Å². The van der Waals surface area contributed by atoms with Gasteiger partial charge in [-0.3, -0.25) is 9.59 Å². The highest BCUT2D eigenvalue weighted by atomic mass is 19.1. The van der Waals surface area contributed by atoms with Crippen LogP contribution in [0.15, 0.2) is 72.8 Å². The highest BCUT2D eigenvalue weighted by Gasteiger charge is 2.10. The van der Waals surface area contributed by atoms with Gasteiger partial charge in [-0.15, -0.1) is 0 Å². The molecule has 2 N–H and O–H groups in total. The average molecular weight is 392 g/mol. The summed E-state index contributed by atoms with van der Waals surface area (Å²) >= 11 is 0. The molecule has 29 heavy (non-hydrogen) atoms. The summed E-state index contributed by atoms with van der Waals surface area (Å²) in [6, 6.07) is 19.0. The number of carbonyl (C=O) groups is 2. The van der Waals surface area contributed by atoms with Crippen molar-refractivity contribution in [2.45, 2.75) is 13.3 Å². The Bertz CT molecular complexity index is 986. The van der Waals surface area contributed by atoms with Crippen LogP contribution in [0.25, 0.3) is 0 Å². The van der Waals surface area contributed by atoms with Crippen molar-refractivity contribution in [2.75, 3.05) is 17.2 Å². The van der Waals surface area contributed by atoms with Gasteiger partial charge in [0.05, 0.1) is 6.61 Å². The lowest BCUT2D eigenvalue weighted by molar-refractivity contribution is 0.101. The molecule has 0 aliphatic rings. The summed E-state index contributed by atoms with van der Waals surface area (Å²) in [5.41, 5.74) is 1.83. The van der Waals surface area contributed by atoms with Gasteiger partial charge in [0.1, 0.15) is 11.6 Å². The summed E-state index contributed by atoms with van der Waals surface area (Å²) < 4.78 is 18.5. The van der Waals surface area contributed by atoms with Gasteiger partial charge < -0.3 is 15.4 Å². The van der Waals surface area contributed by atoms with Crippen LogP contribution in [-0.2, 0) is 0 Å². The van der Waals surface area contributed by atoms with Crippen LogP contribution in [0, 0.1) is 5.82 Å². The van der Waals surface area contributed by atoms with Crippen LogP contribution in [-0.4, -0.2) is 18.4 Å². The molecule has 5 nitrogen and oxygen atoms in total. The Morgan fingerprint density at radius 2 is 1.48 bits per heavy atom. The molecule has 2 amide bonds. The number of rotatable bonds is 7. The number of hydrogen-bond donors (Lipinski definition) is 2. The molecule has 0 saturated carbocycles. The largest absolute Gasteiger partial charge is 0.494 e.